The van der Waals surface area contributed by atoms with Crippen LogP contribution in [0.25, 0.3) is 0 Å². The van der Waals surface area contributed by atoms with Crippen molar-refractivity contribution in [2.45, 2.75) is 47.1 Å². The first kappa shape index (κ1) is 20.9. The molecule has 0 aliphatic carbocycles. The molecule has 29 heavy (non-hydrogen) atoms. The fraction of sp³-hybridized carbons (Fsp3) is 0.417. The van der Waals surface area contributed by atoms with Gasteiger partial charge in [0, 0.05) is 25.3 Å². The highest BCUT2D eigenvalue weighted by molar-refractivity contribution is 5.90. The molecule has 154 valence electrons. The molecular weight excluding hydrogens is 362 g/mol. The molecule has 5 heteroatoms. The SMILES string of the molecule is Cc1cc(C)cc(NC(=O)N2CCC[C@](C)(C(=O)NCc3ccccc3C)C2)c1. The van der Waals surface area contributed by atoms with Crippen molar-refractivity contribution in [2.75, 3.05) is 18.4 Å². The van der Waals surface area contributed by atoms with E-state index in [-0.39, 0.29) is 11.9 Å². The van der Waals surface area contributed by atoms with Crippen molar-refractivity contribution in [3.05, 3.63) is 64.7 Å². The summed E-state index contributed by atoms with van der Waals surface area (Å²) < 4.78 is 0. The minimum atomic E-state index is -0.583. The van der Waals surface area contributed by atoms with Crippen LogP contribution in [0.3, 0.4) is 0 Å². The molecule has 0 unspecified atom stereocenters. The molecule has 2 N–H and O–H groups in total. The number of likely N-dealkylation sites (tertiary alicyclic amines) is 1. The number of benzene rings is 2. The first-order chi connectivity index (χ1) is 13.8. The van der Waals surface area contributed by atoms with Gasteiger partial charge in [-0.25, -0.2) is 4.79 Å². The number of nitrogens with zero attached hydrogens (tertiary/aromatic N) is 1. The Hall–Kier alpha value is -2.82. The van der Waals surface area contributed by atoms with Gasteiger partial charge in [0.15, 0.2) is 0 Å². The van der Waals surface area contributed by atoms with Crippen LogP contribution in [0.2, 0.25) is 0 Å². The molecule has 0 aromatic heterocycles. The predicted octanol–water partition coefficient (Wildman–Crippen LogP) is 4.56. The topological polar surface area (TPSA) is 61.4 Å². The maximum atomic E-state index is 13.0. The number of aryl methyl sites for hydroxylation is 3. The van der Waals surface area contributed by atoms with E-state index in [0.717, 1.165) is 40.8 Å². The van der Waals surface area contributed by atoms with Crippen LogP contribution in [-0.4, -0.2) is 29.9 Å². The molecule has 1 aliphatic rings. The third-order valence-electron chi connectivity index (χ3n) is 5.71. The van der Waals surface area contributed by atoms with E-state index in [2.05, 4.69) is 16.7 Å². The molecule has 1 atom stereocenters. The molecule has 1 fully saturated rings. The molecule has 1 aliphatic heterocycles. The lowest BCUT2D eigenvalue weighted by Gasteiger charge is -2.39. The smallest absolute Gasteiger partial charge is 0.321 e. The molecule has 2 aromatic rings. The fourth-order valence-electron chi connectivity index (χ4n) is 4.04. The van der Waals surface area contributed by atoms with Gasteiger partial charge in [-0.1, -0.05) is 30.3 Å². The average Bonchev–Trinajstić information content (AvgIpc) is 2.66. The van der Waals surface area contributed by atoms with Crippen LogP contribution in [0.4, 0.5) is 10.5 Å². The molecule has 0 spiro atoms. The van der Waals surface area contributed by atoms with E-state index in [4.69, 9.17) is 0 Å². The summed E-state index contributed by atoms with van der Waals surface area (Å²) in [7, 11) is 0. The summed E-state index contributed by atoms with van der Waals surface area (Å²) in [6.07, 6.45) is 1.59. The quantitative estimate of drug-likeness (QED) is 0.800. The molecular formula is C24H31N3O2. The minimum Gasteiger partial charge on any atom is -0.351 e. The number of rotatable bonds is 4. The van der Waals surface area contributed by atoms with Crippen molar-refractivity contribution in [1.82, 2.24) is 10.2 Å². The number of carbonyl (C=O) groups is 2. The Kier molecular flexibility index (Phi) is 6.26. The maximum absolute atomic E-state index is 13.0. The second-order valence-electron chi connectivity index (χ2n) is 8.50. The number of hydrogen-bond donors (Lipinski definition) is 2. The first-order valence-electron chi connectivity index (χ1n) is 10.2. The maximum Gasteiger partial charge on any atom is 0.321 e. The number of anilines is 1. The zero-order valence-corrected chi connectivity index (χ0v) is 17.8. The molecule has 0 radical (unpaired) electrons. The molecule has 0 saturated carbocycles. The van der Waals surface area contributed by atoms with Crippen LogP contribution in [0.1, 0.15) is 42.0 Å². The van der Waals surface area contributed by atoms with Gasteiger partial charge in [-0.3, -0.25) is 4.79 Å². The molecule has 5 nitrogen and oxygen atoms in total. The van der Waals surface area contributed by atoms with Gasteiger partial charge in [0.1, 0.15) is 0 Å². The van der Waals surface area contributed by atoms with E-state index < -0.39 is 5.41 Å². The normalized spacial score (nSPS) is 19.0. The van der Waals surface area contributed by atoms with Gasteiger partial charge in [-0.05, 0) is 74.9 Å². The largest absolute Gasteiger partial charge is 0.351 e. The summed E-state index contributed by atoms with van der Waals surface area (Å²) in [5, 5.41) is 6.07. The summed E-state index contributed by atoms with van der Waals surface area (Å²) in [5.41, 5.74) is 4.71. The fourth-order valence-corrected chi connectivity index (χ4v) is 4.04. The van der Waals surface area contributed by atoms with Crippen molar-refractivity contribution in [2.24, 2.45) is 5.41 Å². The van der Waals surface area contributed by atoms with E-state index >= 15 is 0 Å². The number of piperidine rings is 1. The summed E-state index contributed by atoms with van der Waals surface area (Å²) in [5.74, 6) is 0.00431. The van der Waals surface area contributed by atoms with Gasteiger partial charge in [0.25, 0.3) is 0 Å². The molecule has 3 rings (SSSR count). The van der Waals surface area contributed by atoms with Crippen LogP contribution in [0.5, 0.6) is 0 Å². The number of carbonyl (C=O) groups excluding carboxylic acids is 2. The van der Waals surface area contributed by atoms with Gasteiger partial charge in [-0.15, -0.1) is 0 Å². The van der Waals surface area contributed by atoms with Gasteiger partial charge in [0.05, 0.1) is 5.41 Å². The number of urea groups is 1. The monoisotopic (exact) mass is 393 g/mol. The lowest BCUT2D eigenvalue weighted by Crippen LogP contribution is -2.52. The van der Waals surface area contributed by atoms with Gasteiger partial charge in [0.2, 0.25) is 5.91 Å². The van der Waals surface area contributed by atoms with Crippen LogP contribution in [-0.2, 0) is 11.3 Å². The van der Waals surface area contributed by atoms with E-state index in [1.165, 1.54) is 0 Å². The highest BCUT2D eigenvalue weighted by atomic mass is 16.2. The van der Waals surface area contributed by atoms with Crippen LogP contribution in [0.15, 0.2) is 42.5 Å². The van der Waals surface area contributed by atoms with Crippen LogP contribution >= 0.6 is 0 Å². The second-order valence-corrected chi connectivity index (χ2v) is 8.50. The first-order valence-corrected chi connectivity index (χ1v) is 10.2. The van der Waals surface area contributed by atoms with Crippen LogP contribution < -0.4 is 10.6 Å². The van der Waals surface area contributed by atoms with Gasteiger partial charge >= 0.3 is 6.03 Å². The van der Waals surface area contributed by atoms with Gasteiger partial charge in [-0.2, -0.15) is 0 Å². The Balaban J connectivity index is 1.62. The van der Waals surface area contributed by atoms with Crippen molar-refractivity contribution >= 4 is 17.6 Å². The number of hydrogen-bond acceptors (Lipinski definition) is 2. The van der Waals surface area contributed by atoms with Crippen molar-refractivity contribution in [1.29, 1.82) is 0 Å². The number of nitrogens with one attached hydrogen (secondary N) is 2. The third kappa shape index (κ3) is 5.17. The number of amides is 3. The molecule has 3 amide bonds. The molecule has 1 heterocycles. The predicted molar refractivity (Wildman–Crippen MR) is 117 cm³/mol. The highest BCUT2D eigenvalue weighted by Gasteiger charge is 2.39. The Labute approximate surface area is 173 Å². The van der Waals surface area contributed by atoms with Crippen LogP contribution in [0, 0.1) is 26.2 Å². The summed E-state index contributed by atoms with van der Waals surface area (Å²) in [6.45, 7) is 9.62. The van der Waals surface area contributed by atoms with E-state index in [1.807, 2.05) is 64.1 Å². The Bertz CT molecular complexity index is 888. The second kappa shape index (κ2) is 8.68. The molecule has 0 bridgehead atoms. The van der Waals surface area contributed by atoms with Gasteiger partial charge < -0.3 is 15.5 Å². The van der Waals surface area contributed by atoms with Crippen molar-refractivity contribution in [3.8, 4) is 0 Å². The minimum absolute atomic E-state index is 0.00431. The lowest BCUT2D eigenvalue weighted by molar-refractivity contribution is -0.132. The standard InChI is InChI=1S/C24H31N3O2/c1-17-12-18(2)14-21(13-17)26-23(29)27-11-7-10-24(4,16-27)22(28)25-15-20-9-6-5-8-19(20)3/h5-6,8-9,12-14H,7,10-11,15-16H2,1-4H3,(H,25,28)(H,26,29)/t24-/m0/s1. The molecule has 1 saturated heterocycles. The zero-order chi connectivity index (χ0) is 21.0. The average molecular weight is 394 g/mol. The summed E-state index contributed by atoms with van der Waals surface area (Å²) in [4.78, 5) is 27.5. The Morgan fingerprint density at radius 3 is 2.45 bits per heavy atom. The highest BCUT2D eigenvalue weighted by Crippen LogP contribution is 2.30. The Morgan fingerprint density at radius 1 is 1.07 bits per heavy atom. The van der Waals surface area contributed by atoms with Crippen molar-refractivity contribution in [3.63, 3.8) is 0 Å². The molecule has 2 aromatic carbocycles. The Morgan fingerprint density at radius 2 is 1.76 bits per heavy atom. The van der Waals surface area contributed by atoms with E-state index in [0.29, 0.717) is 19.6 Å². The van der Waals surface area contributed by atoms with E-state index in [1.54, 1.807) is 4.90 Å². The summed E-state index contributed by atoms with van der Waals surface area (Å²) >= 11 is 0. The van der Waals surface area contributed by atoms with Crippen molar-refractivity contribution < 1.29 is 9.59 Å². The lowest BCUT2D eigenvalue weighted by atomic mass is 9.81. The van der Waals surface area contributed by atoms with E-state index in [9.17, 15) is 9.59 Å². The summed E-state index contributed by atoms with van der Waals surface area (Å²) in [6, 6.07) is 13.9. The third-order valence-corrected chi connectivity index (χ3v) is 5.71. The zero-order valence-electron chi connectivity index (χ0n) is 17.8.